The second-order valence-corrected chi connectivity index (χ2v) is 11.8. The highest BCUT2D eigenvalue weighted by molar-refractivity contribution is 6.41. The van der Waals surface area contributed by atoms with Crippen LogP contribution in [0.15, 0.2) is 61.7 Å². The second kappa shape index (κ2) is 12.3. The monoisotopic (exact) mass is 616 g/mol. The Kier molecular flexibility index (Phi) is 8.35. The highest BCUT2D eigenvalue weighted by Gasteiger charge is 2.37. The van der Waals surface area contributed by atoms with Crippen LogP contribution >= 0.6 is 0 Å². The van der Waals surface area contributed by atoms with Crippen molar-refractivity contribution in [2.45, 2.75) is 34.1 Å². The van der Waals surface area contributed by atoms with E-state index < -0.39 is 0 Å². The molecule has 0 radical (unpaired) electrons. The summed E-state index contributed by atoms with van der Waals surface area (Å²) >= 11 is 0. The van der Waals surface area contributed by atoms with Crippen LogP contribution in [0.4, 0.5) is 0 Å². The lowest BCUT2D eigenvalue weighted by atomic mass is 9.82. The summed E-state index contributed by atoms with van der Waals surface area (Å²) in [5.74, 6) is -1.09. The topological polar surface area (TPSA) is 81.2 Å². The molecule has 0 aromatic heterocycles. The summed E-state index contributed by atoms with van der Waals surface area (Å²) in [7, 11) is 0. The van der Waals surface area contributed by atoms with Gasteiger partial charge in [0.25, 0.3) is 23.6 Å². The predicted molar refractivity (Wildman–Crippen MR) is 185 cm³/mol. The average molecular weight is 617 g/mol. The summed E-state index contributed by atoms with van der Waals surface area (Å²) in [6.45, 7) is 19.0. The van der Waals surface area contributed by atoms with Crippen molar-refractivity contribution in [1.29, 1.82) is 0 Å². The number of imide groups is 2. The lowest BCUT2D eigenvalue weighted by Crippen LogP contribution is -2.47. The number of amides is 4. The Morgan fingerprint density at radius 2 is 0.848 bits per heavy atom. The van der Waals surface area contributed by atoms with E-state index >= 15 is 0 Å². The number of nitrogens with zero attached hydrogens (tertiary/aromatic N) is 4. The number of carbonyl (C=O) groups excluding carboxylic acids is 4. The molecule has 7 rings (SSSR count). The second-order valence-electron chi connectivity index (χ2n) is 11.8. The Morgan fingerprint density at radius 3 is 1.20 bits per heavy atom. The van der Waals surface area contributed by atoms with E-state index in [1.54, 1.807) is 0 Å². The van der Waals surface area contributed by atoms with Crippen molar-refractivity contribution < 1.29 is 19.2 Å². The summed E-state index contributed by atoms with van der Waals surface area (Å²) in [4.78, 5) is 62.1. The number of rotatable bonds is 10. The van der Waals surface area contributed by atoms with E-state index in [0.29, 0.717) is 39.6 Å². The zero-order valence-corrected chi connectivity index (χ0v) is 27.1. The van der Waals surface area contributed by atoms with Gasteiger partial charge in [-0.05, 0) is 95.7 Å². The molecule has 8 nitrogen and oxygen atoms in total. The Morgan fingerprint density at radius 1 is 0.500 bits per heavy atom. The maximum absolute atomic E-state index is 13.8. The van der Waals surface area contributed by atoms with Crippen LogP contribution in [0.2, 0.25) is 0 Å². The molecule has 4 amide bonds. The zero-order chi connectivity index (χ0) is 32.9. The number of fused-ring (bicyclic) bond motifs is 2. The lowest BCUT2D eigenvalue weighted by Gasteiger charge is -2.32. The molecule has 0 bridgehead atoms. The molecule has 5 aromatic rings. The first kappa shape index (κ1) is 31.3. The molecular formula is C38H40N4O4. The molecule has 0 saturated carbocycles. The van der Waals surface area contributed by atoms with Crippen LogP contribution in [0.25, 0.3) is 43.1 Å². The van der Waals surface area contributed by atoms with Gasteiger partial charge in [-0.2, -0.15) is 0 Å². The minimum atomic E-state index is -0.286. The van der Waals surface area contributed by atoms with Gasteiger partial charge in [0.05, 0.1) is 6.67 Å². The van der Waals surface area contributed by atoms with Gasteiger partial charge in [0.2, 0.25) is 0 Å². The average Bonchev–Trinajstić information content (AvgIpc) is 3.09. The quantitative estimate of drug-likeness (QED) is 0.0747. The fourth-order valence-corrected chi connectivity index (χ4v) is 7.32. The molecule has 8 heteroatoms. The molecule has 0 N–H and O–H groups in total. The van der Waals surface area contributed by atoms with Crippen molar-refractivity contribution in [3.63, 3.8) is 0 Å². The molecule has 2 heterocycles. The zero-order valence-electron chi connectivity index (χ0n) is 27.1. The van der Waals surface area contributed by atoms with E-state index in [-0.39, 0.29) is 30.3 Å². The summed E-state index contributed by atoms with van der Waals surface area (Å²) in [5, 5.41) is 6.70. The van der Waals surface area contributed by atoms with Crippen molar-refractivity contribution in [3.8, 4) is 0 Å². The van der Waals surface area contributed by atoms with Crippen LogP contribution in [-0.4, -0.2) is 89.2 Å². The fraction of sp³-hybridized carbons (Fsp3) is 0.316. The van der Waals surface area contributed by atoms with E-state index in [1.807, 2.05) is 62.4 Å². The Bertz CT molecular complexity index is 1920. The van der Waals surface area contributed by atoms with Gasteiger partial charge < -0.3 is 4.90 Å². The van der Waals surface area contributed by atoms with Gasteiger partial charge in [-0.25, -0.2) is 0 Å². The van der Waals surface area contributed by atoms with E-state index in [0.717, 1.165) is 71.5 Å². The number of carbonyl (C=O) groups is 4. The molecule has 2 aliphatic heterocycles. The Balaban J connectivity index is 0.00000182. The summed E-state index contributed by atoms with van der Waals surface area (Å²) in [6, 6.07) is 15.1. The Hall–Kier alpha value is -4.66. The van der Waals surface area contributed by atoms with Crippen molar-refractivity contribution in [2.24, 2.45) is 0 Å². The molecule has 46 heavy (non-hydrogen) atoms. The van der Waals surface area contributed by atoms with E-state index in [2.05, 4.69) is 36.8 Å². The third kappa shape index (κ3) is 4.50. The molecule has 0 saturated heterocycles. The highest BCUT2D eigenvalue weighted by Crippen LogP contribution is 2.46. The van der Waals surface area contributed by atoms with Gasteiger partial charge in [0.15, 0.2) is 0 Å². The van der Waals surface area contributed by atoms with Crippen molar-refractivity contribution in [2.75, 3.05) is 45.9 Å². The van der Waals surface area contributed by atoms with E-state index in [9.17, 15) is 19.2 Å². The van der Waals surface area contributed by atoms with Gasteiger partial charge in [-0.15, -0.1) is 13.2 Å². The smallest absolute Gasteiger partial charge is 0.262 e. The van der Waals surface area contributed by atoms with Gasteiger partial charge in [-0.1, -0.05) is 52.0 Å². The van der Waals surface area contributed by atoms with Gasteiger partial charge in [0.1, 0.15) is 0 Å². The number of benzene rings is 5. The first-order chi connectivity index (χ1) is 22.3. The maximum Gasteiger partial charge on any atom is 0.262 e. The van der Waals surface area contributed by atoms with Crippen LogP contribution in [0, 0.1) is 0 Å². The van der Waals surface area contributed by atoms with Crippen LogP contribution in [0.5, 0.6) is 0 Å². The van der Waals surface area contributed by atoms with Crippen LogP contribution in [0.3, 0.4) is 0 Å². The molecule has 0 unspecified atom stereocenters. The first-order valence-electron chi connectivity index (χ1n) is 16.2. The number of hydrogen-bond acceptors (Lipinski definition) is 6. The van der Waals surface area contributed by atoms with Crippen molar-refractivity contribution >= 4 is 66.7 Å². The number of hydrogen-bond donors (Lipinski definition) is 0. The molecule has 2 aliphatic rings. The highest BCUT2D eigenvalue weighted by atomic mass is 16.2. The minimum absolute atomic E-state index is 0.247. The SMILES string of the molecule is C=C.CCN(CC)CCCN1C(=O)c2ccc3c4ccc5c6c(ccc(c7ccc(c2c37)C1=O)c64)C(=O)N(CN(CC)CC)C5=O. The van der Waals surface area contributed by atoms with Crippen LogP contribution in [-0.2, 0) is 0 Å². The molecule has 5 aromatic carbocycles. The van der Waals surface area contributed by atoms with Gasteiger partial charge >= 0.3 is 0 Å². The molecule has 0 aliphatic carbocycles. The molecule has 0 spiro atoms. The van der Waals surface area contributed by atoms with Crippen LogP contribution < -0.4 is 0 Å². The minimum Gasteiger partial charge on any atom is -0.304 e. The molecular weight excluding hydrogens is 576 g/mol. The maximum atomic E-state index is 13.8. The summed E-state index contributed by atoms with van der Waals surface area (Å²) in [5.41, 5.74) is 2.11. The van der Waals surface area contributed by atoms with Crippen molar-refractivity contribution in [1.82, 2.24) is 19.6 Å². The lowest BCUT2D eigenvalue weighted by molar-refractivity contribution is 0.0505. The largest absolute Gasteiger partial charge is 0.304 e. The molecule has 236 valence electrons. The summed E-state index contributed by atoms with van der Waals surface area (Å²) in [6.07, 6.45) is 0.720. The predicted octanol–water partition coefficient (Wildman–Crippen LogP) is 6.76. The van der Waals surface area contributed by atoms with Gasteiger partial charge in [-0.3, -0.25) is 33.9 Å². The first-order valence-corrected chi connectivity index (χ1v) is 16.2. The van der Waals surface area contributed by atoms with Crippen molar-refractivity contribution in [3.05, 3.63) is 83.9 Å². The Labute approximate surface area is 269 Å². The standard InChI is InChI=1S/C36H36N4O4.C2H4/c1-5-37(6-2)18-9-19-39-33(41)25-14-10-21-23-12-16-27-32-28(36(44)40(35(27)43)20-38(7-3)8-4)17-13-24(30(23)32)22-11-15-26(34(39)42)31(25)29(21)22;1-2/h10-17H,5-9,18-20H2,1-4H3;1-2H2. The van der Waals surface area contributed by atoms with E-state index in [4.69, 9.17) is 0 Å². The normalized spacial score (nSPS) is 14.6. The van der Waals surface area contributed by atoms with Crippen LogP contribution in [0.1, 0.15) is 75.5 Å². The summed E-state index contributed by atoms with van der Waals surface area (Å²) < 4.78 is 0. The molecule has 0 atom stereocenters. The third-order valence-electron chi connectivity index (χ3n) is 9.79. The fourth-order valence-electron chi connectivity index (χ4n) is 7.32. The molecule has 0 fully saturated rings. The van der Waals surface area contributed by atoms with E-state index in [1.165, 1.54) is 9.80 Å². The third-order valence-corrected chi connectivity index (χ3v) is 9.79. The van der Waals surface area contributed by atoms with Gasteiger partial charge in [0, 0.05) is 39.6 Å².